The first kappa shape index (κ1) is 32.8. The molecule has 1 aliphatic rings. The number of nitrogens with one attached hydrogen (secondary N) is 1. The number of methoxy groups -OCH3 is 1. The molecular formula is C33H40FN3O6S. The average molecular weight is 626 g/mol. The van der Waals surface area contributed by atoms with Crippen molar-refractivity contribution in [3.8, 4) is 11.5 Å². The summed E-state index contributed by atoms with van der Waals surface area (Å²) in [7, 11) is -2.73. The van der Waals surface area contributed by atoms with Gasteiger partial charge in [0.05, 0.1) is 24.3 Å². The second kappa shape index (κ2) is 15.1. The van der Waals surface area contributed by atoms with Crippen molar-refractivity contribution in [3.63, 3.8) is 0 Å². The quantitative estimate of drug-likeness (QED) is 0.261. The standard InChI is InChI=1S/C33H40FN3O6S/c1-4-31(33(39)35-26-8-6-7-9-26)36(22-24-10-16-28(42-3)17-11-24)32(38)23-37(27-14-12-25(34)13-15-27)44(40,41)30-20-18-29(19-21-30)43-5-2/h10-21,26,31H,4-9,22-23H2,1-3H3,(H,35,39)/t31-/m1/s1. The van der Waals surface area contributed by atoms with Crippen LogP contribution >= 0.6 is 0 Å². The van der Waals surface area contributed by atoms with Crippen molar-refractivity contribution >= 4 is 27.5 Å². The van der Waals surface area contributed by atoms with Gasteiger partial charge in [-0.25, -0.2) is 12.8 Å². The molecule has 44 heavy (non-hydrogen) atoms. The fraction of sp³-hybridized carbons (Fsp3) is 0.394. The smallest absolute Gasteiger partial charge is 0.264 e. The van der Waals surface area contributed by atoms with Crippen LogP contribution in [-0.4, -0.2) is 57.5 Å². The van der Waals surface area contributed by atoms with E-state index in [0.29, 0.717) is 24.5 Å². The minimum Gasteiger partial charge on any atom is -0.497 e. The lowest BCUT2D eigenvalue weighted by molar-refractivity contribution is -0.140. The van der Waals surface area contributed by atoms with Crippen molar-refractivity contribution in [2.75, 3.05) is 24.6 Å². The van der Waals surface area contributed by atoms with E-state index in [4.69, 9.17) is 9.47 Å². The Morgan fingerprint density at radius 2 is 1.55 bits per heavy atom. The molecule has 0 heterocycles. The lowest BCUT2D eigenvalue weighted by atomic mass is 10.1. The van der Waals surface area contributed by atoms with Crippen LogP contribution in [0.5, 0.6) is 11.5 Å². The first-order valence-electron chi connectivity index (χ1n) is 14.9. The molecular weight excluding hydrogens is 585 g/mol. The normalized spacial score (nSPS) is 14.1. The summed E-state index contributed by atoms with van der Waals surface area (Å²) in [5, 5.41) is 3.09. The highest BCUT2D eigenvalue weighted by atomic mass is 32.2. The minimum absolute atomic E-state index is 0.0465. The van der Waals surface area contributed by atoms with Crippen molar-refractivity contribution in [1.29, 1.82) is 0 Å². The Labute approximate surface area is 259 Å². The third-order valence-corrected chi connectivity index (χ3v) is 9.50. The van der Waals surface area contributed by atoms with E-state index in [-0.39, 0.29) is 29.1 Å². The van der Waals surface area contributed by atoms with Crippen LogP contribution in [0.25, 0.3) is 0 Å². The molecule has 11 heteroatoms. The van der Waals surface area contributed by atoms with E-state index in [0.717, 1.165) is 47.7 Å². The van der Waals surface area contributed by atoms with Crippen molar-refractivity contribution in [2.24, 2.45) is 0 Å². The number of hydrogen-bond acceptors (Lipinski definition) is 6. The molecule has 4 rings (SSSR count). The van der Waals surface area contributed by atoms with Crippen LogP contribution in [0.3, 0.4) is 0 Å². The van der Waals surface area contributed by atoms with Gasteiger partial charge in [0, 0.05) is 12.6 Å². The molecule has 1 N–H and O–H groups in total. The van der Waals surface area contributed by atoms with Crippen LogP contribution in [0.1, 0.15) is 51.5 Å². The van der Waals surface area contributed by atoms with E-state index in [1.165, 1.54) is 41.3 Å². The lowest BCUT2D eigenvalue weighted by Crippen LogP contribution is -2.53. The number of ether oxygens (including phenoxy) is 2. The molecule has 2 amide bonds. The van der Waals surface area contributed by atoms with Crippen LogP contribution in [0.4, 0.5) is 10.1 Å². The third-order valence-electron chi connectivity index (χ3n) is 7.72. The summed E-state index contributed by atoms with van der Waals surface area (Å²) in [6.07, 6.45) is 4.15. The highest BCUT2D eigenvalue weighted by Gasteiger charge is 2.34. The molecule has 1 fully saturated rings. The molecule has 0 spiro atoms. The maximum absolute atomic E-state index is 14.2. The summed E-state index contributed by atoms with van der Waals surface area (Å²) in [6.45, 7) is 3.52. The second-order valence-electron chi connectivity index (χ2n) is 10.7. The summed E-state index contributed by atoms with van der Waals surface area (Å²) < 4.78 is 53.5. The van der Waals surface area contributed by atoms with Crippen molar-refractivity contribution in [2.45, 2.75) is 69.5 Å². The van der Waals surface area contributed by atoms with Crippen LogP contribution in [-0.2, 0) is 26.2 Å². The SMILES string of the molecule is CCOc1ccc(S(=O)(=O)N(CC(=O)N(Cc2ccc(OC)cc2)[C@H](CC)C(=O)NC2CCCC2)c2ccc(F)cc2)cc1. The van der Waals surface area contributed by atoms with Gasteiger partial charge in [0.1, 0.15) is 29.9 Å². The Morgan fingerprint density at radius 1 is 0.932 bits per heavy atom. The average Bonchev–Trinajstić information content (AvgIpc) is 3.54. The number of sulfonamides is 1. The van der Waals surface area contributed by atoms with Gasteiger partial charge in [0.25, 0.3) is 10.0 Å². The lowest BCUT2D eigenvalue weighted by Gasteiger charge is -2.33. The number of nitrogens with zero attached hydrogens (tertiary/aromatic N) is 2. The molecule has 236 valence electrons. The van der Waals surface area contributed by atoms with E-state index in [1.54, 1.807) is 31.4 Å². The Balaban J connectivity index is 1.70. The third kappa shape index (κ3) is 8.07. The Morgan fingerprint density at radius 3 is 2.11 bits per heavy atom. The Kier molecular flexibility index (Phi) is 11.2. The van der Waals surface area contributed by atoms with Gasteiger partial charge < -0.3 is 19.7 Å². The second-order valence-corrected chi connectivity index (χ2v) is 12.5. The first-order chi connectivity index (χ1) is 21.2. The Bertz CT molecular complexity index is 1490. The number of hydrogen-bond donors (Lipinski definition) is 1. The Hall–Kier alpha value is -4.12. The van der Waals surface area contributed by atoms with Crippen LogP contribution in [0.2, 0.25) is 0 Å². The fourth-order valence-corrected chi connectivity index (χ4v) is 6.77. The van der Waals surface area contributed by atoms with Gasteiger partial charge in [-0.3, -0.25) is 13.9 Å². The highest BCUT2D eigenvalue weighted by Crippen LogP contribution is 2.27. The topological polar surface area (TPSA) is 105 Å². The summed E-state index contributed by atoms with van der Waals surface area (Å²) in [6, 6.07) is 17.1. The fourth-order valence-electron chi connectivity index (χ4n) is 5.35. The number of amides is 2. The van der Waals surface area contributed by atoms with Crippen LogP contribution in [0, 0.1) is 5.82 Å². The van der Waals surface area contributed by atoms with Gasteiger partial charge >= 0.3 is 0 Å². The van der Waals surface area contributed by atoms with Crippen molar-refractivity contribution in [3.05, 3.63) is 84.2 Å². The molecule has 0 aliphatic heterocycles. The van der Waals surface area contributed by atoms with E-state index < -0.39 is 34.3 Å². The first-order valence-corrected chi connectivity index (χ1v) is 16.3. The summed E-state index contributed by atoms with van der Waals surface area (Å²) in [5.41, 5.74) is 0.857. The van der Waals surface area contributed by atoms with Gasteiger partial charge in [-0.15, -0.1) is 0 Å². The maximum Gasteiger partial charge on any atom is 0.264 e. The molecule has 0 bridgehead atoms. The number of benzene rings is 3. The number of anilines is 1. The zero-order valence-corrected chi connectivity index (χ0v) is 26.2. The molecule has 0 unspecified atom stereocenters. The molecule has 9 nitrogen and oxygen atoms in total. The molecule has 1 aliphatic carbocycles. The van der Waals surface area contributed by atoms with Gasteiger partial charge in [-0.1, -0.05) is 31.9 Å². The van der Waals surface area contributed by atoms with E-state index in [1.807, 2.05) is 13.8 Å². The van der Waals surface area contributed by atoms with Gasteiger partial charge in [0.2, 0.25) is 11.8 Å². The summed E-state index contributed by atoms with van der Waals surface area (Å²) in [5.74, 6) is -0.256. The monoisotopic (exact) mass is 625 g/mol. The summed E-state index contributed by atoms with van der Waals surface area (Å²) in [4.78, 5) is 29.1. The molecule has 0 radical (unpaired) electrons. The zero-order valence-electron chi connectivity index (χ0n) is 25.4. The highest BCUT2D eigenvalue weighted by molar-refractivity contribution is 7.92. The predicted octanol–water partition coefficient (Wildman–Crippen LogP) is 5.29. The number of halogens is 1. The molecule has 0 saturated heterocycles. The minimum atomic E-state index is -4.29. The van der Waals surface area contributed by atoms with E-state index in [2.05, 4.69) is 5.32 Å². The number of carbonyl (C=O) groups is 2. The van der Waals surface area contributed by atoms with Crippen LogP contribution in [0.15, 0.2) is 77.7 Å². The van der Waals surface area contributed by atoms with Gasteiger partial charge in [-0.2, -0.15) is 0 Å². The molecule has 3 aromatic carbocycles. The maximum atomic E-state index is 14.2. The molecule has 1 saturated carbocycles. The van der Waals surface area contributed by atoms with E-state index in [9.17, 15) is 22.4 Å². The number of carbonyl (C=O) groups excluding carboxylic acids is 2. The summed E-state index contributed by atoms with van der Waals surface area (Å²) >= 11 is 0. The predicted molar refractivity (Wildman–Crippen MR) is 167 cm³/mol. The largest absolute Gasteiger partial charge is 0.497 e. The molecule has 3 aromatic rings. The molecule has 1 atom stereocenters. The van der Waals surface area contributed by atoms with Gasteiger partial charge in [0.15, 0.2) is 0 Å². The van der Waals surface area contributed by atoms with Crippen LogP contribution < -0.4 is 19.1 Å². The van der Waals surface area contributed by atoms with Crippen molar-refractivity contribution < 1.29 is 31.9 Å². The van der Waals surface area contributed by atoms with Gasteiger partial charge in [-0.05, 0) is 92.4 Å². The molecule has 0 aromatic heterocycles. The number of rotatable bonds is 14. The zero-order chi connectivity index (χ0) is 31.7. The van der Waals surface area contributed by atoms with E-state index >= 15 is 0 Å². The van der Waals surface area contributed by atoms with Crippen molar-refractivity contribution in [1.82, 2.24) is 10.2 Å².